The van der Waals surface area contributed by atoms with E-state index in [0.29, 0.717) is 0 Å². The molecular weight excluding hydrogens is 719 g/mol. The van der Waals surface area contributed by atoms with Crippen LogP contribution in [-0.2, 0) is 26.5 Å². The summed E-state index contributed by atoms with van der Waals surface area (Å²) in [4.78, 5) is 13.5. The first kappa shape index (κ1) is 31.3. The summed E-state index contributed by atoms with van der Waals surface area (Å²) in [5.74, 6) is 0. The molecule has 1 radical (unpaired) electrons. The Morgan fingerprint density at radius 3 is 2.23 bits per heavy atom. The summed E-state index contributed by atoms with van der Waals surface area (Å²) in [6.45, 7) is 13.0. The molecule has 3 aromatic carbocycles. The van der Waals surface area contributed by atoms with Crippen LogP contribution in [0.25, 0.3) is 55.2 Å². The molecule has 0 aliphatic carbocycles. The Morgan fingerprint density at radius 2 is 1.50 bits per heavy atom. The molecule has 7 rings (SSSR count). The Morgan fingerprint density at radius 1 is 0.705 bits per heavy atom. The Labute approximate surface area is 273 Å². The van der Waals surface area contributed by atoms with Gasteiger partial charge in [0.05, 0.1) is 5.58 Å². The van der Waals surface area contributed by atoms with Crippen LogP contribution in [0, 0.1) is 38.3 Å². The largest absolute Gasteiger partial charge is 0.500 e. The number of hydrogen-bond acceptors (Lipinski definition) is 4. The van der Waals surface area contributed by atoms with Crippen LogP contribution in [0.5, 0.6) is 0 Å². The fourth-order valence-corrected chi connectivity index (χ4v) is 5.36. The van der Waals surface area contributed by atoms with Crippen molar-refractivity contribution >= 4 is 32.7 Å². The van der Waals surface area contributed by atoms with Gasteiger partial charge in [0, 0.05) is 55.2 Å². The number of nitrogens with zero attached hydrogens (tertiary/aromatic N) is 3. The average molecular weight is 754 g/mol. The normalized spacial score (nSPS) is 11.3. The maximum absolute atomic E-state index is 6.45. The minimum Gasteiger partial charge on any atom is -0.500 e. The molecule has 0 spiro atoms. The first-order valence-corrected chi connectivity index (χ1v) is 14.6. The number of pyridine rings is 3. The molecule has 0 saturated carbocycles. The topological polar surface area (TPSA) is 51.8 Å². The zero-order valence-corrected chi connectivity index (χ0v) is 28.3. The van der Waals surface area contributed by atoms with Crippen LogP contribution in [-0.4, -0.2) is 15.0 Å². The molecule has 0 fully saturated rings. The molecule has 4 aromatic heterocycles. The van der Waals surface area contributed by atoms with Gasteiger partial charge in [0.15, 0.2) is 0 Å². The van der Waals surface area contributed by atoms with E-state index in [-0.39, 0.29) is 25.5 Å². The van der Waals surface area contributed by atoms with E-state index in [4.69, 9.17) is 9.40 Å². The van der Waals surface area contributed by atoms with E-state index in [1.165, 1.54) is 16.7 Å². The van der Waals surface area contributed by atoms with Crippen LogP contribution in [0.3, 0.4) is 0 Å². The van der Waals surface area contributed by atoms with Crippen molar-refractivity contribution in [3.8, 4) is 22.5 Å². The molecule has 223 valence electrons. The van der Waals surface area contributed by atoms with E-state index >= 15 is 0 Å². The zero-order valence-electron chi connectivity index (χ0n) is 26.0. The molecule has 0 amide bonds. The zero-order chi connectivity index (χ0) is 30.1. The smallest absolute Gasteiger partial charge is 0.130 e. The Kier molecular flexibility index (Phi) is 9.10. The second-order valence-corrected chi connectivity index (χ2v) is 12.4. The van der Waals surface area contributed by atoms with Gasteiger partial charge in [-0.05, 0) is 66.6 Å². The number of benzene rings is 3. The second kappa shape index (κ2) is 12.8. The summed E-state index contributed by atoms with van der Waals surface area (Å²) in [7, 11) is 0. The molecule has 0 aliphatic heterocycles. The van der Waals surface area contributed by atoms with Crippen molar-refractivity contribution in [3.63, 3.8) is 0 Å². The van der Waals surface area contributed by atoms with Crippen molar-refractivity contribution in [1.29, 1.82) is 0 Å². The van der Waals surface area contributed by atoms with Crippen molar-refractivity contribution in [2.75, 3.05) is 0 Å². The molecule has 44 heavy (non-hydrogen) atoms. The monoisotopic (exact) mass is 754 g/mol. The molecule has 0 aliphatic rings. The third-order valence-corrected chi connectivity index (χ3v) is 7.52. The van der Waals surface area contributed by atoms with Crippen LogP contribution < -0.4 is 0 Å². The number of hydrogen-bond donors (Lipinski definition) is 0. The van der Waals surface area contributed by atoms with Crippen molar-refractivity contribution < 1.29 is 24.5 Å². The summed E-state index contributed by atoms with van der Waals surface area (Å²) in [5.41, 5.74) is 10.5. The molecule has 0 bridgehead atoms. The standard InChI is InChI=1S/C27H25N2O.C12H10N.Ir/c1-16-14-29-24(12-19(16)13-27(3,4)5)22-8-6-7-20-21-10-9-18-11-17(2)28-15-23(18)26(21)30-25(20)22;1-10-7-8-12(13-9-10)11-5-3-2-4-6-11;/h6-7,9-12,14-15H,13H2,1-5H3;2-5,7-9H,1H3;/q2*-1;. The summed E-state index contributed by atoms with van der Waals surface area (Å²) in [6.07, 6.45) is 6.74. The first-order valence-electron chi connectivity index (χ1n) is 14.6. The van der Waals surface area contributed by atoms with Gasteiger partial charge in [-0.2, -0.15) is 0 Å². The summed E-state index contributed by atoms with van der Waals surface area (Å²) in [6, 6.07) is 31.1. The Balaban J connectivity index is 0.000000230. The van der Waals surface area contributed by atoms with Crippen LogP contribution in [0.2, 0.25) is 0 Å². The van der Waals surface area contributed by atoms with E-state index < -0.39 is 0 Å². The number of rotatable bonds is 3. The van der Waals surface area contributed by atoms with E-state index in [2.05, 4.69) is 86.2 Å². The summed E-state index contributed by atoms with van der Waals surface area (Å²) in [5, 5.41) is 4.35. The molecular formula is C39H35IrN3O-2. The van der Waals surface area contributed by atoms with E-state index in [1.54, 1.807) is 0 Å². The maximum atomic E-state index is 6.45. The summed E-state index contributed by atoms with van der Waals surface area (Å²) < 4.78 is 6.45. The summed E-state index contributed by atoms with van der Waals surface area (Å²) >= 11 is 0. The van der Waals surface area contributed by atoms with Gasteiger partial charge in [-0.3, -0.25) is 4.98 Å². The third-order valence-electron chi connectivity index (χ3n) is 7.52. The van der Waals surface area contributed by atoms with Gasteiger partial charge in [-0.15, -0.1) is 54.1 Å². The first-order chi connectivity index (χ1) is 20.7. The fourth-order valence-electron chi connectivity index (χ4n) is 5.36. The predicted octanol–water partition coefficient (Wildman–Crippen LogP) is 10.1. The van der Waals surface area contributed by atoms with Crippen LogP contribution >= 0.6 is 0 Å². The number of fused-ring (bicyclic) bond motifs is 5. The van der Waals surface area contributed by atoms with Crippen molar-refractivity contribution in [3.05, 3.63) is 126 Å². The van der Waals surface area contributed by atoms with E-state index in [9.17, 15) is 0 Å². The average Bonchev–Trinajstić information content (AvgIpc) is 3.38. The molecule has 4 heterocycles. The molecule has 4 nitrogen and oxygen atoms in total. The van der Waals surface area contributed by atoms with Gasteiger partial charge in [0.25, 0.3) is 0 Å². The Bertz CT molecular complexity index is 2060. The molecule has 5 heteroatoms. The van der Waals surface area contributed by atoms with Crippen molar-refractivity contribution in [2.45, 2.75) is 48.0 Å². The van der Waals surface area contributed by atoms with Crippen molar-refractivity contribution in [1.82, 2.24) is 15.0 Å². The number of furan rings is 1. The SMILES string of the molecule is Cc1cc2ccc3c4cc[c-]c(-c5cc(CC(C)(C)C)c(C)cn5)c4oc3c2cn1.Cc1ccc(-c2[c-]cccc2)nc1.[Ir]. The fraction of sp³-hybridized carbons (Fsp3) is 0.205. The molecule has 7 aromatic rings. The molecule has 0 atom stereocenters. The van der Waals surface area contributed by atoms with Crippen LogP contribution in [0.1, 0.15) is 43.2 Å². The van der Waals surface area contributed by atoms with Gasteiger partial charge in [-0.25, -0.2) is 0 Å². The molecule has 0 unspecified atom stereocenters. The van der Waals surface area contributed by atoms with E-state index in [1.807, 2.05) is 68.8 Å². The van der Waals surface area contributed by atoms with E-state index in [0.717, 1.165) is 67.3 Å². The van der Waals surface area contributed by atoms with Crippen LogP contribution in [0.15, 0.2) is 95.8 Å². The van der Waals surface area contributed by atoms with Gasteiger partial charge >= 0.3 is 0 Å². The second-order valence-electron chi connectivity index (χ2n) is 12.4. The number of aromatic nitrogens is 3. The van der Waals surface area contributed by atoms with Gasteiger partial charge in [-0.1, -0.05) is 67.6 Å². The number of aryl methyl sites for hydroxylation is 3. The minimum absolute atomic E-state index is 0. The van der Waals surface area contributed by atoms with Crippen molar-refractivity contribution in [2.24, 2.45) is 5.41 Å². The minimum atomic E-state index is 0. The molecule has 0 saturated heterocycles. The molecule has 0 N–H and O–H groups in total. The quantitative estimate of drug-likeness (QED) is 0.169. The van der Waals surface area contributed by atoms with Crippen LogP contribution in [0.4, 0.5) is 0 Å². The maximum Gasteiger partial charge on any atom is 0.130 e. The predicted molar refractivity (Wildman–Crippen MR) is 177 cm³/mol. The van der Waals surface area contributed by atoms with Gasteiger partial charge in [0.1, 0.15) is 5.58 Å². The van der Waals surface area contributed by atoms with Gasteiger partial charge in [0.2, 0.25) is 0 Å². The Hall–Kier alpha value is -4.18. The van der Waals surface area contributed by atoms with Gasteiger partial charge < -0.3 is 14.4 Å². The third kappa shape index (κ3) is 6.65.